The van der Waals surface area contributed by atoms with E-state index in [9.17, 15) is 4.79 Å². The Labute approximate surface area is 183 Å². The summed E-state index contributed by atoms with van der Waals surface area (Å²) in [6, 6.07) is 12.2. The van der Waals surface area contributed by atoms with Crippen molar-refractivity contribution in [1.29, 1.82) is 0 Å². The number of aryl methyl sites for hydroxylation is 4. The molecular weight excluding hydrogens is 414 g/mol. The Hall–Kier alpha value is -2.77. The van der Waals surface area contributed by atoms with Gasteiger partial charge in [-0.1, -0.05) is 36.5 Å². The van der Waals surface area contributed by atoms with Gasteiger partial charge in [0.1, 0.15) is 22.2 Å². The molecule has 30 heavy (non-hydrogen) atoms. The molecule has 4 rings (SSSR count). The summed E-state index contributed by atoms with van der Waals surface area (Å²) in [5.41, 5.74) is 5.21. The van der Waals surface area contributed by atoms with Gasteiger partial charge >= 0.3 is 0 Å². The number of carbonyl (C=O) groups is 1. The summed E-state index contributed by atoms with van der Waals surface area (Å²) in [5, 5.41) is 4.31. The molecular formula is C23H23N3O2S2. The minimum absolute atomic E-state index is 0.183. The number of thiazole rings is 2. The zero-order chi connectivity index (χ0) is 21.3. The standard InChI is InChI=1S/C23H23N3O2S2/c1-5-16-6-8-17(9-7-16)28-12-19-24-15(4)21(30-19)22(27)26-23-25-20-14(3)10-13(2)11-18(20)29-23/h6-11H,5,12H2,1-4H3,(H,25,26,27). The monoisotopic (exact) mass is 437 g/mol. The third-order valence-electron chi connectivity index (χ3n) is 4.79. The lowest BCUT2D eigenvalue weighted by Gasteiger charge is -2.04. The number of anilines is 1. The second kappa shape index (κ2) is 8.53. The number of carbonyl (C=O) groups excluding carboxylic acids is 1. The Balaban J connectivity index is 1.45. The van der Waals surface area contributed by atoms with Gasteiger partial charge in [-0.25, -0.2) is 9.97 Å². The van der Waals surface area contributed by atoms with E-state index in [1.807, 2.05) is 26.0 Å². The first-order valence-corrected chi connectivity index (χ1v) is 11.4. The van der Waals surface area contributed by atoms with Crippen molar-refractivity contribution >= 4 is 43.9 Å². The van der Waals surface area contributed by atoms with Gasteiger partial charge in [0.2, 0.25) is 0 Å². The van der Waals surface area contributed by atoms with E-state index in [0.717, 1.165) is 33.0 Å². The summed E-state index contributed by atoms with van der Waals surface area (Å²) in [4.78, 5) is 22.5. The zero-order valence-corrected chi connectivity index (χ0v) is 19.0. The van der Waals surface area contributed by atoms with Crippen LogP contribution in [0.1, 0.15) is 44.0 Å². The number of hydrogen-bond acceptors (Lipinski definition) is 6. The van der Waals surface area contributed by atoms with E-state index in [2.05, 4.69) is 53.4 Å². The largest absolute Gasteiger partial charge is 0.486 e. The van der Waals surface area contributed by atoms with Crippen molar-refractivity contribution in [2.24, 2.45) is 0 Å². The number of nitrogens with zero attached hydrogens (tertiary/aromatic N) is 2. The van der Waals surface area contributed by atoms with Crippen LogP contribution in [0.5, 0.6) is 5.75 Å². The molecule has 2 aromatic carbocycles. The normalized spacial score (nSPS) is 11.1. The van der Waals surface area contributed by atoms with Crippen molar-refractivity contribution in [3.8, 4) is 5.75 Å². The average molecular weight is 438 g/mol. The molecule has 0 fully saturated rings. The van der Waals surface area contributed by atoms with E-state index in [1.54, 1.807) is 0 Å². The number of nitrogens with one attached hydrogen (secondary N) is 1. The van der Waals surface area contributed by atoms with Crippen molar-refractivity contribution in [3.05, 3.63) is 68.7 Å². The molecule has 0 aliphatic rings. The van der Waals surface area contributed by atoms with Gasteiger partial charge in [-0.15, -0.1) is 11.3 Å². The highest BCUT2D eigenvalue weighted by Gasteiger charge is 2.18. The lowest BCUT2D eigenvalue weighted by molar-refractivity contribution is 0.103. The van der Waals surface area contributed by atoms with Gasteiger partial charge in [0.25, 0.3) is 5.91 Å². The van der Waals surface area contributed by atoms with Crippen LogP contribution in [0.3, 0.4) is 0 Å². The van der Waals surface area contributed by atoms with Gasteiger partial charge in [-0.2, -0.15) is 0 Å². The molecule has 1 N–H and O–H groups in total. The van der Waals surface area contributed by atoms with Crippen molar-refractivity contribution in [1.82, 2.24) is 9.97 Å². The highest BCUT2D eigenvalue weighted by atomic mass is 32.1. The number of ether oxygens (including phenoxy) is 1. The fourth-order valence-electron chi connectivity index (χ4n) is 3.27. The SMILES string of the molecule is CCc1ccc(OCc2nc(C)c(C(=O)Nc3nc4c(C)cc(C)cc4s3)s2)cc1. The van der Waals surface area contributed by atoms with Crippen LogP contribution in [0.25, 0.3) is 10.2 Å². The highest BCUT2D eigenvalue weighted by Crippen LogP contribution is 2.30. The predicted octanol–water partition coefficient (Wildman–Crippen LogP) is 6.07. The molecule has 154 valence electrons. The Kier molecular flexibility index (Phi) is 5.83. The smallest absolute Gasteiger partial charge is 0.269 e. The fraction of sp³-hybridized carbons (Fsp3) is 0.261. The molecule has 0 saturated carbocycles. The molecule has 1 amide bonds. The molecule has 2 aromatic heterocycles. The van der Waals surface area contributed by atoms with Crippen LogP contribution < -0.4 is 10.1 Å². The number of fused-ring (bicyclic) bond motifs is 1. The molecule has 5 nitrogen and oxygen atoms in total. The number of rotatable bonds is 6. The number of hydrogen-bond donors (Lipinski definition) is 1. The minimum atomic E-state index is -0.183. The van der Waals surface area contributed by atoms with Crippen molar-refractivity contribution in [2.75, 3.05) is 5.32 Å². The summed E-state index contributed by atoms with van der Waals surface area (Å²) in [5.74, 6) is 0.614. The van der Waals surface area contributed by atoms with E-state index in [-0.39, 0.29) is 5.91 Å². The molecule has 0 unspecified atom stereocenters. The first-order valence-electron chi connectivity index (χ1n) is 9.80. The molecule has 0 atom stereocenters. The van der Waals surface area contributed by atoms with Gasteiger partial charge in [0.15, 0.2) is 5.13 Å². The van der Waals surface area contributed by atoms with E-state index in [4.69, 9.17) is 4.74 Å². The predicted molar refractivity (Wildman–Crippen MR) is 124 cm³/mol. The maximum atomic E-state index is 12.8. The van der Waals surface area contributed by atoms with Crippen LogP contribution in [0.4, 0.5) is 5.13 Å². The number of benzene rings is 2. The van der Waals surface area contributed by atoms with Crippen LogP contribution in [-0.2, 0) is 13.0 Å². The van der Waals surface area contributed by atoms with Gasteiger partial charge in [-0.05, 0) is 62.1 Å². The van der Waals surface area contributed by atoms with Gasteiger partial charge in [0.05, 0.1) is 15.9 Å². The molecule has 7 heteroatoms. The van der Waals surface area contributed by atoms with Gasteiger partial charge < -0.3 is 4.74 Å². The second-order valence-corrected chi connectivity index (χ2v) is 9.32. The Bertz CT molecular complexity index is 1210. The second-order valence-electron chi connectivity index (χ2n) is 7.21. The average Bonchev–Trinajstić information content (AvgIpc) is 3.29. The zero-order valence-electron chi connectivity index (χ0n) is 17.4. The molecule has 0 radical (unpaired) electrons. The molecule has 0 spiro atoms. The summed E-state index contributed by atoms with van der Waals surface area (Å²) in [6.07, 6.45) is 0.998. The Morgan fingerprint density at radius 3 is 2.57 bits per heavy atom. The van der Waals surface area contributed by atoms with Crippen molar-refractivity contribution in [2.45, 2.75) is 40.7 Å². The van der Waals surface area contributed by atoms with Crippen molar-refractivity contribution in [3.63, 3.8) is 0 Å². The van der Waals surface area contributed by atoms with Gasteiger partial charge in [0, 0.05) is 0 Å². The van der Waals surface area contributed by atoms with Crippen molar-refractivity contribution < 1.29 is 9.53 Å². The van der Waals surface area contributed by atoms with E-state index in [0.29, 0.717) is 22.3 Å². The Morgan fingerprint density at radius 1 is 1.07 bits per heavy atom. The molecule has 0 bridgehead atoms. The third kappa shape index (κ3) is 4.37. The lowest BCUT2D eigenvalue weighted by Crippen LogP contribution is -2.11. The van der Waals surface area contributed by atoms with Crippen LogP contribution in [0.2, 0.25) is 0 Å². The first kappa shape index (κ1) is 20.5. The molecule has 0 aliphatic heterocycles. The quantitative estimate of drug-likeness (QED) is 0.397. The fourth-order valence-corrected chi connectivity index (χ4v) is 5.18. The van der Waals surface area contributed by atoms with Gasteiger partial charge in [-0.3, -0.25) is 10.1 Å². The first-order chi connectivity index (χ1) is 14.4. The summed E-state index contributed by atoms with van der Waals surface area (Å²) in [7, 11) is 0. The Morgan fingerprint density at radius 2 is 1.83 bits per heavy atom. The molecule has 0 aliphatic carbocycles. The molecule has 0 saturated heterocycles. The van der Waals surface area contributed by atoms with Crippen LogP contribution in [0, 0.1) is 20.8 Å². The number of amides is 1. The molecule has 4 aromatic rings. The third-order valence-corrected chi connectivity index (χ3v) is 6.84. The highest BCUT2D eigenvalue weighted by molar-refractivity contribution is 7.22. The van der Waals surface area contributed by atoms with Crippen LogP contribution in [-0.4, -0.2) is 15.9 Å². The maximum Gasteiger partial charge on any atom is 0.269 e. The summed E-state index contributed by atoms with van der Waals surface area (Å²) < 4.78 is 6.90. The molecule has 2 heterocycles. The summed E-state index contributed by atoms with van der Waals surface area (Å²) in [6.45, 7) is 8.40. The topological polar surface area (TPSA) is 64.1 Å². The lowest BCUT2D eigenvalue weighted by atomic mass is 10.1. The summed E-state index contributed by atoms with van der Waals surface area (Å²) >= 11 is 2.84. The van der Waals surface area contributed by atoms with E-state index < -0.39 is 0 Å². The van der Waals surface area contributed by atoms with E-state index >= 15 is 0 Å². The number of aromatic nitrogens is 2. The maximum absolute atomic E-state index is 12.8. The van der Waals surface area contributed by atoms with Crippen LogP contribution >= 0.6 is 22.7 Å². The van der Waals surface area contributed by atoms with E-state index in [1.165, 1.54) is 33.8 Å². The van der Waals surface area contributed by atoms with Crippen LogP contribution in [0.15, 0.2) is 36.4 Å². The minimum Gasteiger partial charge on any atom is -0.486 e.